The van der Waals surface area contributed by atoms with E-state index in [1.54, 1.807) is 35.6 Å². The molecule has 4 rings (SSSR count). The van der Waals surface area contributed by atoms with Crippen molar-refractivity contribution < 1.29 is 19.4 Å². The van der Waals surface area contributed by atoms with Crippen LogP contribution in [0.15, 0.2) is 66.8 Å². The molecule has 182 valence electrons. The molecule has 1 saturated heterocycles. The van der Waals surface area contributed by atoms with Crippen molar-refractivity contribution in [1.82, 2.24) is 14.5 Å². The number of aryl methyl sites for hydroxylation is 2. The highest BCUT2D eigenvalue weighted by Gasteiger charge is 2.45. The van der Waals surface area contributed by atoms with Gasteiger partial charge in [0, 0.05) is 31.0 Å². The lowest BCUT2D eigenvalue weighted by atomic mass is 9.94. The molecule has 0 radical (unpaired) electrons. The number of imidazole rings is 1. The van der Waals surface area contributed by atoms with Crippen LogP contribution in [0.4, 0.5) is 0 Å². The van der Waals surface area contributed by atoms with Crippen molar-refractivity contribution in [2.75, 3.05) is 13.2 Å². The van der Waals surface area contributed by atoms with Crippen LogP contribution in [0.2, 0.25) is 5.02 Å². The first-order valence-corrected chi connectivity index (χ1v) is 12.1. The Morgan fingerprint density at radius 2 is 1.89 bits per heavy atom. The zero-order chi connectivity index (χ0) is 24.9. The third-order valence-electron chi connectivity index (χ3n) is 6.12. The van der Waals surface area contributed by atoms with Crippen LogP contribution in [0, 0.1) is 0 Å². The number of likely N-dealkylation sites (tertiary alicyclic amines) is 1. The standard InChI is InChI=1S/C27H28ClN3O4/c1-3-18-6-8-19(9-7-18)24-23(25(32)20-10-11-22(35-4-2)21(28)16-20)26(33)27(34)31(24)14-5-13-30-15-12-29-17-30/h6-12,15-17,24,32H,3-5,13-14H2,1-2H3/t24-/m1/s1. The Labute approximate surface area is 209 Å². The summed E-state index contributed by atoms with van der Waals surface area (Å²) in [6.07, 6.45) is 6.76. The highest BCUT2D eigenvalue weighted by Crippen LogP contribution is 2.40. The van der Waals surface area contributed by atoms with Gasteiger partial charge in [-0.1, -0.05) is 42.8 Å². The van der Waals surface area contributed by atoms with E-state index in [-0.39, 0.29) is 11.3 Å². The van der Waals surface area contributed by atoms with Gasteiger partial charge < -0.3 is 19.3 Å². The molecule has 0 saturated carbocycles. The minimum absolute atomic E-state index is 0.0575. The number of ketones is 1. The van der Waals surface area contributed by atoms with Crippen LogP contribution < -0.4 is 4.74 Å². The summed E-state index contributed by atoms with van der Waals surface area (Å²) < 4.78 is 7.39. The van der Waals surface area contributed by atoms with Crippen LogP contribution in [0.25, 0.3) is 5.76 Å². The fraction of sp³-hybridized carbons (Fsp3) is 0.296. The Morgan fingerprint density at radius 3 is 2.51 bits per heavy atom. The summed E-state index contributed by atoms with van der Waals surface area (Å²) in [5, 5.41) is 11.6. The summed E-state index contributed by atoms with van der Waals surface area (Å²) >= 11 is 6.33. The molecule has 1 fully saturated rings. The molecule has 0 bridgehead atoms. The van der Waals surface area contributed by atoms with Gasteiger partial charge >= 0.3 is 0 Å². The first-order valence-electron chi connectivity index (χ1n) is 11.7. The number of ether oxygens (including phenoxy) is 1. The highest BCUT2D eigenvalue weighted by atomic mass is 35.5. The Kier molecular flexibility index (Phi) is 7.56. The van der Waals surface area contributed by atoms with Crippen molar-refractivity contribution in [3.05, 3.63) is 88.5 Å². The van der Waals surface area contributed by atoms with Crippen LogP contribution >= 0.6 is 11.6 Å². The van der Waals surface area contributed by atoms with E-state index in [9.17, 15) is 14.7 Å². The smallest absolute Gasteiger partial charge is 0.295 e. The minimum atomic E-state index is -0.709. The van der Waals surface area contributed by atoms with E-state index in [0.29, 0.717) is 42.5 Å². The number of aliphatic hydroxyl groups excluding tert-OH is 1. The zero-order valence-corrected chi connectivity index (χ0v) is 20.5. The highest BCUT2D eigenvalue weighted by molar-refractivity contribution is 6.46. The normalized spacial score (nSPS) is 17.2. The lowest BCUT2D eigenvalue weighted by Gasteiger charge is -2.25. The average Bonchev–Trinajstić information content (AvgIpc) is 3.47. The van der Waals surface area contributed by atoms with Gasteiger partial charge in [-0.2, -0.15) is 0 Å². The molecule has 2 heterocycles. The predicted molar refractivity (Wildman–Crippen MR) is 134 cm³/mol. The third-order valence-corrected chi connectivity index (χ3v) is 6.42. The Hall–Kier alpha value is -3.58. The van der Waals surface area contributed by atoms with Gasteiger partial charge in [-0.3, -0.25) is 9.59 Å². The van der Waals surface area contributed by atoms with E-state index in [0.717, 1.165) is 17.5 Å². The second-order valence-electron chi connectivity index (χ2n) is 8.32. The number of hydrogen-bond acceptors (Lipinski definition) is 5. The maximum absolute atomic E-state index is 13.2. The maximum Gasteiger partial charge on any atom is 0.295 e. The van der Waals surface area contributed by atoms with Gasteiger partial charge in [-0.05, 0) is 49.1 Å². The van der Waals surface area contributed by atoms with Crippen molar-refractivity contribution in [2.45, 2.75) is 39.3 Å². The number of halogens is 1. The molecule has 8 heteroatoms. The van der Waals surface area contributed by atoms with Gasteiger partial charge in [0.1, 0.15) is 11.5 Å². The topological polar surface area (TPSA) is 84.7 Å². The molecule has 1 aliphatic heterocycles. The molecule has 1 aromatic heterocycles. The second-order valence-corrected chi connectivity index (χ2v) is 8.73. The molecule has 0 spiro atoms. The monoisotopic (exact) mass is 493 g/mol. The largest absolute Gasteiger partial charge is 0.507 e. The number of hydrogen-bond donors (Lipinski definition) is 1. The van der Waals surface area contributed by atoms with E-state index < -0.39 is 17.7 Å². The molecule has 0 aliphatic carbocycles. The molecule has 35 heavy (non-hydrogen) atoms. The molecule has 0 unspecified atom stereocenters. The molecule has 1 atom stereocenters. The Bertz CT molecular complexity index is 1240. The zero-order valence-electron chi connectivity index (χ0n) is 19.8. The minimum Gasteiger partial charge on any atom is -0.507 e. The fourth-order valence-corrected chi connectivity index (χ4v) is 4.55. The first kappa shape index (κ1) is 24.5. The molecule has 1 aliphatic rings. The molecule has 1 amide bonds. The van der Waals surface area contributed by atoms with Crippen molar-refractivity contribution >= 4 is 29.1 Å². The summed E-state index contributed by atoms with van der Waals surface area (Å²) in [6, 6.07) is 11.9. The number of carbonyl (C=O) groups excluding carboxylic acids is 2. The number of benzene rings is 2. The fourth-order valence-electron chi connectivity index (χ4n) is 4.31. The van der Waals surface area contributed by atoms with Crippen molar-refractivity contribution in [2.24, 2.45) is 0 Å². The van der Waals surface area contributed by atoms with E-state index >= 15 is 0 Å². The Balaban J connectivity index is 1.73. The van der Waals surface area contributed by atoms with E-state index in [1.807, 2.05) is 42.0 Å². The van der Waals surface area contributed by atoms with Crippen LogP contribution in [0.1, 0.15) is 43.0 Å². The van der Waals surface area contributed by atoms with Gasteiger partial charge in [0.25, 0.3) is 11.7 Å². The van der Waals surface area contributed by atoms with Crippen LogP contribution in [-0.2, 0) is 22.6 Å². The summed E-state index contributed by atoms with van der Waals surface area (Å²) in [5.74, 6) is -1.11. The van der Waals surface area contributed by atoms with Gasteiger partial charge in [0.05, 0.1) is 29.6 Å². The summed E-state index contributed by atoms with van der Waals surface area (Å²) in [7, 11) is 0. The number of Topliss-reactive ketones (excluding diaryl/α,β-unsaturated/α-hetero) is 1. The van der Waals surface area contributed by atoms with Crippen molar-refractivity contribution in [3.8, 4) is 5.75 Å². The van der Waals surface area contributed by atoms with Crippen molar-refractivity contribution in [3.63, 3.8) is 0 Å². The van der Waals surface area contributed by atoms with Crippen LogP contribution in [0.5, 0.6) is 5.75 Å². The lowest BCUT2D eigenvalue weighted by Crippen LogP contribution is -2.31. The predicted octanol–water partition coefficient (Wildman–Crippen LogP) is 5.01. The molecular weight excluding hydrogens is 466 g/mol. The summed E-state index contributed by atoms with van der Waals surface area (Å²) in [6.45, 7) is 5.36. The number of nitrogens with zero attached hydrogens (tertiary/aromatic N) is 3. The summed E-state index contributed by atoms with van der Waals surface area (Å²) in [4.78, 5) is 31.9. The number of rotatable bonds is 9. The van der Waals surface area contributed by atoms with Gasteiger partial charge in [0.2, 0.25) is 0 Å². The number of amides is 1. The maximum atomic E-state index is 13.2. The van der Waals surface area contributed by atoms with Gasteiger partial charge in [-0.15, -0.1) is 0 Å². The van der Waals surface area contributed by atoms with Gasteiger partial charge in [-0.25, -0.2) is 4.98 Å². The number of aromatic nitrogens is 2. The quantitative estimate of drug-likeness (QED) is 0.257. The average molecular weight is 494 g/mol. The first-order chi connectivity index (χ1) is 16.9. The van der Waals surface area contributed by atoms with Crippen LogP contribution in [0.3, 0.4) is 0 Å². The number of aliphatic hydroxyl groups is 1. The molecule has 3 aromatic rings. The third kappa shape index (κ3) is 5.10. The van der Waals surface area contributed by atoms with E-state index in [4.69, 9.17) is 16.3 Å². The molecular formula is C27H28ClN3O4. The Morgan fingerprint density at radius 1 is 1.11 bits per heavy atom. The van der Waals surface area contributed by atoms with Gasteiger partial charge in [0.15, 0.2) is 0 Å². The molecule has 2 aromatic carbocycles. The number of carbonyl (C=O) groups is 2. The molecule has 1 N–H and O–H groups in total. The van der Waals surface area contributed by atoms with Crippen molar-refractivity contribution in [1.29, 1.82) is 0 Å². The lowest BCUT2D eigenvalue weighted by molar-refractivity contribution is -0.139. The van der Waals surface area contributed by atoms with E-state index in [1.165, 1.54) is 0 Å². The van der Waals surface area contributed by atoms with Crippen LogP contribution in [-0.4, -0.2) is 44.4 Å². The van der Waals surface area contributed by atoms with E-state index in [2.05, 4.69) is 11.9 Å². The molecule has 7 nitrogen and oxygen atoms in total. The SMILES string of the molecule is CCOc1ccc(C(O)=C2C(=O)C(=O)N(CCCn3ccnc3)[C@@H]2c2ccc(CC)cc2)cc1Cl. The summed E-state index contributed by atoms with van der Waals surface area (Å²) in [5.41, 5.74) is 2.32. The second kappa shape index (κ2) is 10.8.